The molecule has 92 valence electrons. The van der Waals surface area contributed by atoms with Gasteiger partial charge in [0.15, 0.2) is 0 Å². The fourth-order valence-corrected chi connectivity index (χ4v) is 1.33. The molecule has 0 aromatic heterocycles. The molecule has 8 heteroatoms. The van der Waals surface area contributed by atoms with Gasteiger partial charge in [0.2, 0.25) is 0 Å². The fraction of sp³-hybridized carbons (Fsp3) is 0.222. The first kappa shape index (κ1) is 13.4. The summed E-state index contributed by atoms with van der Waals surface area (Å²) >= 11 is 3.13. The average molecular weight is 305 g/mol. The molecule has 0 saturated heterocycles. The zero-order valence-electron chi connectivity index (χ0n) is 8.50. The van der Waals surface area contributed by atoms with E-state index in [0.29, 0.717) is 4.47 Å². The SMILES string of the molecule is NC(COc1cc([N+](=O)[O-])ccc1Br)C(=O)O. The van der Waals surface area contributed by atoms with Crippen molar-refractivity contribution in [1.82, 2.24) is 0 Å². The van der Waals surface area contributed by atoms with Gasteiger partial charge < -0.3 is 15.6 Å². The molecule has 0 fully saturated rings. The molecule has 0 saturated carbocycles. The van der Waals surface area contributed by atoms with Gasteiger partial charge in [0.25, 0.3) is 5.69 Å². The van der Waals surface area contributed by atoms with Crippen molar-refractivity contribution in [2.45, 2.75) is 6.04 Å². The number of hydrogen-bond donors (Lipinski definition) is 2. The Labute approximate surface area is 104 Å². The lowest BCUT2D eigenvalue weighted by Gasteiger charge is -2.10. The van der Waals surface area contributed by atoms with Gasteiger partial charge in [-0.3, -0.25) is 14.9 Å². The van der Waals surface area contributed by atoms with Crippen molar-refractivity contribution in [2.75, 3.05) is 6.61 Å². The molecule has 0 aliphatic heterocycles. The number of aliphatic carboxylic acids is 1. The second-order valence-corrected chi connectivity index (χ2v) is 3.98. The van der Waals surface area contributed by atoms with E-state index in [9.17, 15) is 14.9 Å². The van der Waals surface area contributed by atoms with E-state index in [-0.39, 0.29) is 18.0 Å². The summed E-state index contributed by atoms with van der Waals surface area (Å²) in [6, 6.07) is 2.76. The highest BCUT2D eigenvalue weighted by molar-refractivity contribution is 9.10. The predicted octanol–water partition coefficient (Wildman–Crippen LogP) is 1.15. The van der Waals surface area contributed by atoms with E-state index in [1.54, 1.807) is 0 Å². The van der Waals surface area contributed by atoms with Crippen LogP contribution in [-0.2, 0) is 4.79 Å². The zero-order chi connectivity index (χ0) is 13.0. The van der Waals surface area contributed by atoms with E-state index in [1.807, 2.05) is 0 Å². The Kier molecular flexibility index (Phi) is 4.41. The summed E-state index contributed by atoms with van der Waals surface area (Å²) in [7, 11) is 0. The summed E-state index contributed by atoms with van der Waals surface area (Å²) in [6.07, 6.45) is 0. The number of benzene rings is 1. The maximum atomic E-state index is 10.5. The molecule has 1 aromatic carbocycles. The number of carbonyl (C=O) groups is 1. The van der Waals surface area contributed by atoms with Crippen molar-refractivity contribution < 1.29 is 19.6 Å². The first-order valence-electron chi connectivity index (χ1n) is 4.47. The highest BCUT2D eigenvalue weighted by atomic mass is 79.9. The smallest absolute Gasteiger partial charge is 0.324 e. The van der Waals surface area contributed by atoms with Gasteiger partial charge in [-0.15, -0.1) is 0 Å². The minimum atomic E-state index is -1.20. The van der Waals surface area contributed by atoms with Crippen LogP contribution in [0, 0.1) is 10.1 Å². The lowest BCUT2D eigenvalue weighted by molar-refractivity contribution is -0.385. The van der Waals surface area contributed by atoms with Crippen LogP contribution in [-0.4, -0.2) is 28.6 Å². The van der Waals surface area contributed by atoms with Gasteiger partial charge in [-0.25, -0.2) is 0 Å². The van der Waals surface area contributed by atoms with Crippen LogP contribution in [0.3, 0.4) is 0 Å². The van der Waals surface area contributed by atoms with Crippen LogP contribution in [0.1, 0.15) is 0 Å². The summed E-state index contributed by atoms with van der Waals surface area (Å²) < 4.78 is 5.58. The van der Waals surface area contributed by atoms with Crippen molar-refractivity contribution in [2.24, 2.45) is 5.73 Å². The lowest BCUT2D eigenvalue weighted by atomic mass is 10.3. The number of non-ortho nitro benzene ring substituents is 1. The number of carboxylic acids is 1. The van der Waals surface area contributed by atoms with Gasteiger partial charge in [0.05, 0.1) is 15.5 Å². The summed E-state index contributed by atoms with van der Waals surface area (Å²) in [6.45, 7) is -0.269. The Bertz CT molecular complexity index is 451. The zero-order valence-corrected chi connectivity index (χ0v) is 10.1. The molecule has 17 heavy (non-hydrogen) atoms. The van der Waals surface area contributed by atoms with Gasteiger partial charge in [0.1, 0.15) is 18.4 Å². The molecule has 7 nitrogen and oxygen atoms in total. The molecule has 0 amide bonds. The van der Waals surface area contributed by atoms with Gasteiger partial charge in [-0.05, 0) is 22.0 Å². The molecule has 1 unspecified atom stereocenters. The molecule has 0 radical (unpaired) electrons. The maximum Gasteiger partial charge on any atom is 0.324 e. The highest BCUT2D eigenvalue weighted by Gasteiger charge is 2.15. The number of nitrogens with two attached hydrogens (primary N) is 1. The quantitative estimate of drug-likeness (QED) is 0.622. The Morgan fingerprint density at radius 3 is 2.82 bits per heavy atom. The van der Waals surface area contributed by atoms with Crippen LogP contribution in [0.15, 0.2) is 22.7 Å². The third-order valence-electron chi connectivity index (χ3n) is 1.86. The van der Waals surface area contributed by atoms with E-state index >= 15 is 0 Å². The van der Waals surface area contributed by atoms with Crippen molar-refractivity contribution in [3.8, 4) is 5.75 Å². The number of rotatable bonds is 5. The van der Waals surface area contributed by atoms with Gasteiger partial charge in [-0.1, -0.05) is 0 Å². The van der Waals surface area contributed by atoms with Crippen LogP contribution >= 0.6 is 15.9 Å². The monoisotopic (exact) mass is 304 g/mol. The minimum Gasteiger partial charge on any atom is -0.490 e. The molecule has 3 N–H and O–H groups in total. The highest BCUT2D eigenvalue weighted by Crippen LogP contribution is 2.29. The minimum absolute atomic E-state index is 0.146. The first-order chi connectivity index (χ1) is 7.91. The van der Waals surface area contributed by atoms with Gasteiger partial charge in [0, 0.05) is 6.07 Å². The van der Waals surface area contributed by atoms with E-state index < -0.39 is 16.9 Å². The first-order valence-corrected chi connectivity index (χ1v) is 5.26. The standard InChI is InChI=1S/C9H9BrN2O5/c10-6-2-1-5(12(15)16)3-8(6)17-4-7(11)9(13)14/h1-3,7H,4,11H2,(H,13,14). The lowest BCUT2D eigenvalue weighted by Crippen LogP contribution is -2.36. The predicted molar refractivity (Wildman–Crippen MR) is 61.9 cm³/mol. The second-order valence-electron chi connectivity index (χ2n) is 3.13. The summed E-state index contributed by atoms with van der Waals surface area (Å²) in [4.78, 5) is 20.4. The molecular formula is C9H9BrN2O5. The molecule has 0 spiro atoms. The van der Waals surface area contributed by atoms with Crippen LogP contribution in [0.2, 0.25) is 0 Å². The number of ether oxygens (including phenoxy) is 1. The fourth-order valence-electron chi connectivity index (χ4n) is 0.967. The number of nitro benzene ring substituents is 1. The van der Waals surface area contributed by atoms with Crippen LogP contribution in [0.5, 0.6) is 5.75 Å². The normalized spacial score (nSPS) is 11.9. The van der Waals surface area contributed by atoms with Crippen LogP contribution in [0.4, 0.5) is 5.69 Å². The maximum absolute atomic E-state index is 10.5. The molecule has 0 aliphatic carbocycles. The topological polar surface area (TPSA) is 116 Å². The van der Waals surface area contributed by atoms with Crippen LogP contribution in [0.25, 0.3) is 0 Å². The number of hydrogen-bond acceptors (Lipinski definition) is 5. The van der Waals surface area contributed by atoms with E-state index in [4.69, 9.17) is 15.6 Å². The number of carboxylic acid groups (broad SMARTS) is 1. The number of nitro groups is 1. The van der Waals surface area contributed by atoms with Crippen molar-refractivity contribution in [3.05, 3.63) is 32.8 Å². The third kappa shape index (κ3) is 3.68. The second kappa shape index (κ2) is 5.60. The molecule has 0 aliphatic rings. The van der Waals surface area contributed by atoms with E-state index in [0.717, 1.165) is 0 Å². The Hall–Kier alpha value is -1.67. The largest absolute Gasteiger partial charge is 0.490 e. The average Bonchev–Trinajstić information content (AvgIpc) is 2.26. The van der Waals surface area contributed by atoms with Gasteiger partial charge in [-0.2, -0.15) is 0 Å². The Balaban J connectivity index is 2.79. The Morgan fingerprint density at radius 2 is 2.29 bits per heavy atom. The molecule has 0 bridgehead atoms. The summed E-state index contributed by atoms with van der Waals surface area (Å²) in [5.41, 5.74) is 5.09. The Morgan fingerprint density at radius 1 is 1.65 bits per heavy atom. The van der Waals surface area contributed by atoms with Crippen LogP contribution < -0.4 is 10.5 Å². The van der Waals surface area contributed by atoms with Crippen molar-refractivity contribution >= 4 is 27.6 Å². The summed E-state index contributed by atoms with van der Waals surface area (Å²) in [5.74, 6) is -1.03. The van der Waals surface area contributed by atoms with E-state index in [2.05, 4.69) is 15.9 Å². The molecule has 1 aromatic rings. The van der Waals surface area contributed by atoms with Crippen molar-refractivity contribution in [3.63, 3.8) is 0 Å². The number of nitrogens with zero attached hydrogens (tertiary/aromatic N) is 1. The van der Waals surface area contributed by atoms with Gasteiger partial charge >= 0.3 is 5.97 Å². The third-order valence-corrected chi connectivity index (χ3v) is 2.52. The number of halogens is 1. The molecular weight excluding hydrogens is 296 g/mol. The van der Waals surface area contributed by atoms with E-state index in [1.165, 1.54) is 18.2 Å². The molecule has 1 rings (SSSR count). The molecule has 1 atom stereocenters. The molecule has 0 heterocycles. The van der Waals surface area contributed by atoms with Crippen molar-refractivity contribution in [1.29, 1.82) is 0 Å². The summed E-state index contributed by atoms with van der Waals surface area (Å²) in [5, 5.41) is 19.1.